The zero-order valence-electron chi connectivity index (χ0n) is 17.7. The lowest BCUT2D eigenvalue weighted by atomic mass is 9.99. The van der Waals surface area contributed by atoms with Gasteiger partial charge in [0.25, 0.3) is 5.91 Å². The minimum Gasteiger partial charge on any atom is -0.395 e. The third kappa shape index (κ3) is 5.28. The summed E-state index contributed by atoms with van der Waals surface area (Å²) in [6.07, 6.45) is 4.51. The highest BCUT2D eigenvalue weighted by Gasteiger charge is 2.21. The van der Waals surface area contributed by atoms with Crippen LogP contribution in [0.25, 0.3) is 0 Å². The number of fused-ring (bicyclic) bond motifs is 1. The van der Waals surface area contributed by atoms with Crippen LogP contribution >= 0.6 is 0 Å². The molecule has 5 heteroatoms. The van der Waals surface area contributed by atoms with Gasteiger partial charge in [-0.05, 0) is 54.6 Å². The van der Waals surface area contributed by atoms with E-state index in [0.717, 1.165) is 45.6 Å². The first-order valence-corrected chi connectivity index (χ1v) is 11.2. The van der Waals surface area contributed by atoms with E-state index in [-0.39, 0.29) is 18.6 Å². The van der Waals surface area contributed by atoms with Crippen molar-refractivity contribution < 1.29 is 9.90 Å². The topological polar surface area (TPSA) is 55.8 Å². The van der Waals surface area contributed by atoms with Gasteiger partial charge in [0.1, 0.15) is 0 Å². The molecule has 2 aromatic carbocycles. The lowest BCUT2D eigenvalue weighted by molar-refractivity contribution is 0.0849. The summed E-state index contributed by atoms with van der Waals surface area (Å²) in [4.78, 5) is 17.2. The Morgan fingerprint density at radius 3 is 2.63 bits per heavy atom. The number of benzene rings is 2. The number of nitrogens with zero attached hydrogens (tertiary/aromatic N) is 2. The third-order valence-corrected chi connectivity index (χ3v) is 6.48. The molecule has 1 saturated heterocycles. The van der Waals surface area contributed by atoms with E-state index in [9.17, 15) is 9.90 Å². The fourth-order valence-electron chi connectivity index (χ4n) is 4.69. The third-order valence-electron chi connectivity index (χ3n) is 6.48. The summed E-state index contributed by atoms with van der Waals surface area (Å²) in [5, 5.41) is 12.5. The highest BCUT2D eigenvalue weighted by atomic mass is 16.3. The van der Waals surface area contributed by atoms with E-state index in [1.165, 1.54) is 29.5 Å². The molecule has 0 spiro atoms. The number of piperidine rings is 1. The van der Waals surface area contributed by atoms with Crippen LogP contribution in [0.1, 0.15) is 46.3 Å². The van der Waals surface area contributed by atoms with Crippen molar-refractivity contribution in [3.05, 3.63) is 70.8 Å². The molecule has 0 aliphatic carbocycles. The molecule has 1 unspecified atom stereocenters. The Labute approximate surface area is 179 Å². The van der Waals surface area contributed by atoms with E-state index in [4.69, 9.17) is 0 Å². The molecule has 0 radical (unpaired) electrons. The van der Waals surface area contributed by atoms with Crippen molar-refractivity contribution >= 4 is 5.91 Å². The quantitative estimate of drug-likeness (QED) is 0.741. The Morgan fingerprint density at radius 1 is 1.03 bits per heavy atom. The fraction of sp³-hybridized carbons (Fsp3) is 0.480. The number of carbonyl (C=O) groups is 1. The first-order valence-electron chi connectivity index (χ1n) is 11.2. The second kappa shape index (κ2) is 10.2. The van der Waals surface area contributed by atoms with Crippen molar-refractivity contribution in [2.45, 2.75) is 44.8 Å². The smallest absolute Gasteiger partial charge is 0.251 e. The number of rotatable bonds is 7. The summed E-state index contributed by atoms with van der Waals surface area (Å²) in [5.41, 5.74) is 4.85. The molecule has 0 aromatic heterocycles. The van der Waals surface area contributed by atoms with Crippen LogP contribution < -0.4 is 5.32 Å². The molecule has 2 aliphatic heterocycles. The fourth-order valence-corrected chi connectivity index (χ4v) is 4.69. The number of hydrogen-bond donors (Lipinski definition) is 2. The van der Waals surface area contributed by atoms with Crippen LogP contribution in [0.2, 0.25) is 0 Å². The second-order valence-electron chi connectivity index (χ2n) is 8.55. The van der Waals surface area contributed by atoms with Gasteiger partial charge in [-0.1, -0.05) is 42.8 Å². The van der Waals surface area contributed by atoms with Crippen molar-refractivity contribution in [2.24, 2.45) is 0 Å². The van der Waals surface area contributed by atoms with Crippen LogP contribution in [-0.2, 0) is 19.5 Å². The molecular formula is C25H33N3O2. The zero-order chi connectivity index (χ0) is 20.8. The molecule has 5 nitrogen and oxygen atoms in total. The molecule has 1 amide bonds. The molecule has 1 atom stereocenters. The number of likely N-dealkylation sites (tertiary alicyclic amines) is 1. The molecule has 2 aromatic rings. The molecule has 2 aliphatic rings. The summed E-state index contributed by atoms with van der Waals surface area (Å²) in [6, 6.07) is 16.9. The standard InChI is InChI=1S/C25H33N3O2/c29-19-24-7-3-4-14-28(24)16-13-26-25(30)22-10-8-20(9-11-22)17-27-15-12-21-5-1-2-6-23(21)18-27/h1-2,5-6,8-11,24,29H,3-4,7,12-19H2,(H,26,30). The highest BCUT2D eigenvalue weighted by Crippen LogP contribution is 2.20. The average Bonchev–Trinajstić information content (AvgIpc) is 2.80. The monoisotopic (exact) mass is 407 g/mol. The molecule has 160 valence electrons. The Kier molecular flexibility index (Phi) is 7.16. The number of hydrogen-bond acceptors (Lipinski definition) is 4. The average molecular weight is 408 g/mol. The van der Waals surface area contributed by atoms with Crippen molar-refractivity contribution in [2.75, 3.05) is 32.8 Å². The molecule has 2 N–H and O–H groups in total. The predicted octanol–water partition coefficient (Wildman–Crippen LogP) is 2.82. The van der Waals surface area contributed by atoms with E-state index in [1.54, 1.807) is 0 Å². The number of carbonyl (C=O) groups excluding carboxylic acids is 1. The summed E-state index contributed by atoms with van der Waals surface area (Å²) in [6.45, 7) is 5.60. The summed E-state index contributed by atoms with van der Waals surface area (Å²) in [7, 11) is 0. The van der Waals surface area contributed by atoms with E-state index < -0.39 is 0 Å². The summed E-state index contributed by atoms with van der Waals surface area (Å²) >= 11 is 0. The van der Waals surface area contributed by atoms with Crippen molar-refractivity contribution in [3.63, 3.8) is 0 Å². The number of aliphatic hydroxyl groups excluding tert-OH is 1. The number of nitrogens with one attached hydrogen (secondary N) is 1. The maximum absolute atomic E-state index is 12.5. The number of amides is 1. The van der Waals surface area contributed by atoms with Gasteiger partial charge in [-0.25, -0.2) is 0 Å². The lowest BCUT2D eigenvalue weighted by Crippen LogP contribution is -2.45. The number of aliphatic hydroxyl groups is 1. The molecule has 4 rings (SSSR count). The van der Waals surface area contributed by atoms with Gasteiger partial charge < -0.3 is 10.4 Å². The van der Waals surface area contributed by atoms with E-state index in [0.29, 0.717) is 12.1 Å². The van der Waals surface area contributed by atoms with E-state index in [1.807, 2.05) is 12.1 Å². The largest absolute Gasteiger partial charge is 0.395 e. The SMILES string of the molecule is O=C(NCCN1CCCCC1CO)c1ccc(CN2CCc3ccccc3C2)cc1. The van der Waals surface area contributed by atoms with Gasteiger partial charge in [0.15, 0.2) is 0 Å². The highest BCUT2D eigenvalue weighted by molar-refractivity contribution is 5.94. The normalized spacial score (nSPS) is 20.0. The van der Waals surface area contributed by atoms with Gasteiger partial charge in [-0.3, -0.25) is 14.6 Å². The maximum Gasteiger partial charge on any atom is 0.251 e. The Balaban J connectivity index is 1.24. The second-order valence-corrected chi connectivity index (χ2v) is 8.55. The molecule has 0 bridgehead atoms. The summed E-state index contributed by atoms with van der Waals surface area (Å²) < 4.78 is 0. The van der Waals surface area contributed by atoms with E-state index in [2.05, 4.69) is 51.5 Å². The molecular weight excluding hydrogens is 374 g/mol. The first kappa shape index (κ1) is 21.0. The van der Waals surface area contributed by atoms with Crippen LogP contribution in [0.4, 0.5) is 0 Å². The Morgan fingerprint density at radius 2 is 1.83 bits per heavy atom. The Hall–Kier alpha value is -2.21. The zero-order valence-corrected chi connectivity index (χ0v) is 17.7. The van der Waals surface area contributed by atoms with Crippen LogP contribution in [0, 0.1) is 0 Å². The van der Waals surface area contributed by atoms with E-state index >= 15 is 0 Å². The van der Waals surface area contributed by atoms with Gasteiger partial charge in [-0.15, -0.1) is 0 Å². The van der Waals surface area contributed by atoms with Crippen LogP contribution in [-0.4, -0.2) is 59.6 Å². The van der Waals surface area contributed by atoms with Gasteiger partial charge in [0.05, 0.1) is 6.61 Å². The van der Waals surface area contributed by atoms with Crippen molar-refractivity contribution in [1.82, 2.24) is 15.1 Å². The lowest BCUT2D eigenvalue weighted by Gasteiger charge is -2.34. The summed E-state index contributed by atoms with van der Waals surface area (Å²) in [5.74, 6) is -0.0222. The van der Waals surface area contributed by atoms with Crippen LogP contribution in [0.15, 0.2) is 48.5 Å². The minimum atomic E-state index is -0.0222. The Bertz CT molecular complexity index is 837. The molecule has 2 heterocycles. The van der Waals surface area contributed by atoms with Gasteiger partial charge in [-0.2, -0.15) is 0 Å². The van der Waals surface area contributed by atoms with Crippen LogP contribution in [0.5, 0.6) is 0 Å². The minimum absolute atomic E-state index is 0.0222. The van der Waals surface area contributed by atoms with Gasteiger partial charge in [0.2, 0.25) is 0 Å². The predicted molar refractivity (Wildman–Crippen MR) is 119 cm³/mol. The molecule has 0 saturated carbocycles. The van der Waals surface area contributed by atoms with Crippen molar-refractivity contribution in [1.29, 1.82) is 0 Å². The van der Waals surface area contributed by atoms with Gasteiger partial charge >= 0.3 is 0 Å². The molecule has 1 fully saturated rings. The molecule has 30 heavy (non-hydrogen) atoms. The van der Waals surface area contributed by atoms with Gasteiger partial charge in [0, 0.05) is 44.3 Å². The maximum atomic E-state index is 12.5. The first-order chi connectivity index (χ1) is 14.7. The van der Waals surface area contributed by atoms with Crippen molar-refractivity contribution in [3.8, 4) is 0 Å². The van der Waals surface area contributed by atoms with Crippen LogP contribution in [0.3, 0.4) is 0 Å².